The topological polar surface area (TPSA) is 125 Å². The summed E-state index contributed by atoms with van der Waals surface area (Å²) in [6.07, 6.45) is 15.1. The molecule has 6 rings (SSSR count). The highest BCUT2D eigenvalue weighted by Gasteiger charge is 2.42. The highest BCUT2D eigenvalue weighted by molar-refractivity contribution is 8.06. The highest BCUT2D eigenvalue weighted by Crippen LogP contribution is 2.44. The quantitative estimate of drug-likeness (QED) is 0.174. The molecule has 2 aliphatic carbocycles. The molecule has 1 saturated carbocycles. The lowest BCUT2D eigenvalue weighted by atomic mass is 9.66. The van der Waals surface area contributed by atoms with Crippen LogP contribution in [-0.2, 0) is 44.0 Å². The highest BCUT2D eigenvalue weighted by atomic mass is 35.5. The van der Waals surface area contributed by atoms with Gasteiger partial charge in [-0.15, -0.1) is 11.7 Å². The molecule has 1 aromatic heterocycles. The molecular formula is C41H50ClN5O6S. The monoisotopic (exact) mass is 775 g/mol. The Morgan fingerprint density at radius 1 is 1.22 bits per heavy atom. The van der Waals surface area contributed by atoms with Crippen molar-refractivity contribution in [2.75, 3.05) is 32.6 Å². The second-order valence-electron chi connectivity index (χ2n) is 14.7. The number of rotatable bonds is 6. The van der Waals surface area contributed by atoms with Gasteiger partial charge in [-0.2, -0.15) is 4.36 Å². The van der Waals surface area contributed by atoms with Gasteiger partial charge in [0, 0.05) is 55.0 Å². The van der Waals surface area contributed by atoms with Crippen LogP contribution in [0.5, 0.6) is 5.88 Å². The molecule has 54 heavy (non-hydrogen) atoms. The van der Waals surface area contributed by atoms with Crippen LogP contribution in [0.2, 0.25) is 5.02 Å². The van der Waals surface area contributed by atoms with Gasteiger partial charge in [-0.05, 0) is 79.4 Å². The number of hydrogen-bond acceptors (Lipinski definition) is 8. The number of aromatic nitrogens is 2. The van der Waals surface area contributed by atoms with E-state index in [0.29, 0.717) is 49.7 Å². The standard InChI is InChI=1S/C41H50ClN5O6S/c1-6-17-52-37-12-9-10-27(2)25-54(50,26-43-40(49)34-24-46(4)44-41(34)51-5)45-39(48)30-14-16-36-35(21-30)47(23-32-19-28(3)38(32)37)22-31-13-15-33(42)20-29(31)11-7-8-18-53-36/h6,9,12-16,20,24,26-27,32,35,37-38H,1,3,7-8,10-11,17-19,21-23,25H2,2,4-5H3/b12-9+,43-26?/t27-,32-,35?,37-,38+,54?/m0/s1. The molecule has 288 valence electrons. The van der Waals surface area contributed by atoms with Crippen LogP contribution in [0, 0.1) is 17.8 Å². The maximum Gasteiger partial charge on any atom is 0.284 e. The van der Waals surface area contributed by atoms with Crippen molar-refractivity contribution in [2.45, 2.75) is 64.1 Å². The van der Waals surface area contributed by atoms with E-state index in [9.17, 15) is 13.8 Å². The lowest BCUT2D eigenvalue weighted by Crippen LogP contribution is -2.48. The number of benzene rings is 1. The molecule has 0 saturated heterocycles. The van der Waals surface area contributed by atoms with Crippen molar-refractivity contribution in [3.05, 3.63) is 107 Å². The average Bonchev–Trinajstić information content (AvgIpc) is 3.51. The number of carbonyl (C=O) groups excluding carboxylic acids is 2. The molecule has 2 aliphatic heterocycles. The maximum absolute atomic E-state index is 14.6. The number of aryl methyl sites for hydroxylation is 2. The van der Waals surface area contributed by atoms with Crippen LogP contribution in [0.15, 0.2) is 94.2 Å². The molecule has 2 aromatic rings. The van der Waals surface area contributed by atoms with Crippen LogP contribution < -0.4 is 4.74 Å². The van der Waals surface area contributed by atoms with E-state index < -0.39 is 21.5 Å². The first-order valence-corrected chi connectivity index (χ1v) is 20.7. The zero-order valence-corrected chi connectivity index (χ0v) is 32.9. The normalized spacial score (nSPS) is 28.9. The van der Waals surface area contributed by atoms with E-state index in [4.69, 9.17) is 25.8 Å². The Bertz CT molecular complexity index is 2020. The number of aliphatic imine (C=N–C) groups is 1. The minimum Gasteiger partial charge on any atom is -0.496 e. The Kier molecular flexibility index (Phi) is 12.9. The van der Waals surface area contributed by atoms with Crippen molar-refractivity contribution in [1.29, 1.82) is 0 Å². The Labute approximate surface area is 323 Å². The first-order chi connectivity index (χ1) is 26.0. The summed E-state index contributed by atoms with van der Waals surface area (Å²) in [5, 5.41) is 4.83. The van der Waals surface area contributed by atoms with Crippen molar-refractivity contribution < 1.29 is 28.0 Å². The van der Waals surface area contributed by atoms with E-state index >= 15 is 0 Å². The molecule has 4 aliphatic rings. The molecule has 0 spiro atoms. The van der Waals surface area contributed by atoms with Crippen molar-refractivity contribution in [1.82, 2.24) is 14.7 Å². The largest absolute Gasteiger partial charge is 0.496 e. The van der Waals surface area contributed by atoms with Crippen molar-refractivity contribution in [3.63, 3.8) is 0 Å². The molecule has 1 fully saturated rings. The zero-order chi connectivity index (χ0) is 38.4. The fraction of sp³-hybridized carbons (Fsp3) is 0.463. The Morgan fingerprint density at radius 2 is 2.06 bits per heavy atom. The van der Waals surface area contributed by atoms with Crippen molar-refractivity contribution in [3.8, 4) is 5.88 Å². The maximum atomic E-state index is 14.6. The number of halogens is 1. The van der Waals surface area contributed by atoms with E-state index in [1.165, 1.54) is 29.1 Å². The van der Waals surface area contributed by atoms with E-state index in [0.717, 1.165) is 42.6 Å². The Balaban J connectivity index is 1.42. The smallest absolute Gasteiger partial charge is 0.284 e. The molecule has 1 aromatic carbocycles. The van der Waals surface area contributed by atoms with E-state index in [-0.39, 0.29) is 47.1 Å². The zero-order valence-electron chi connectivity index (χ0n) is 31.3. The Hall–Kier alpha value is -4.10. The summed E-state index contributed by atoms with van der Waals surface area (Å²) in [6, 6.07) is 5.81. The van der Waals surface area contributed by atoms with Gasteiger partial charge in [0.1, 0.15) is 16.9 Å². The van der Waals surface area contributed by atoms with Gasteiger partial charge in [0.2, 0.25) is 5.88 Å². The second-order valence-corrected chi connectivity index (χ2v) is 17.2. The van der Waals surface area contributed by atoms with Crippen LogP contribution in [0.4, 0.5) is 0 Å². The minimum absolute atomic E-state index is 0.00730. The summed E-state index contributed by atoms with van der Waals surface area (Å²) in [4.78, 5) is 33.7. The number of nitrogens with zero attached hydrogens (tertiary/aromatic N) is 5. The van der Waals surface area contributed by atoms with Crippen LogP contribution in [0.1, 0.15) is 60.5 Å². The summed E-state index contributed by atoms with van der Waals surface area (Å²) >= 11 is 6.50. The predicted octanol–water partition coefficient (Wildman–Crippen LogP) is 7.04. The van der Waals surface area contributed by atoms with Gasteiger partial charge < -0.3 is 14.2 Å². The fourth-order valence-corrected chi connectivity index (χ4v) is 9.80. The lowest BCUT2D eigenvalue weighted by Gasteiger charge is -2.47. The lowest BCUT2D eigenvalue weighted by molar-refractivity contribution is -0.114. The average molecular weight is 776 g/mol. The van der Waals surface area contributed by atoms with Gasteiger partial charge in [-0.3, -0.25) is 19.2 Å². The molecule has 2 amide bonds. The van der Waals surface area contributed by atoms with Gasteiger partial charge in [0.05, 0.1) is 42.2 Å². The van der Waals surface area contributed by atoms with Crippen LogP contribution in [-0.4, -0.2) is 81.0 Å². The number of hydrogen-bond donors (Lipinski definition) is 0. The molecular weight excluding hydrogens is 726 g/mol. The number of amides is 2. The van der Waals surface area contributed by atoms with Gasteiger partial charge in [0.25, 0.3) is 11.8 Å². The summed E-state index contributed by atoms with van der Waals surface area (Å²) in [5.41, 5.74) is 5.08. The number of fused-ring (bicyclic) bond motifs is 3. The summed E-state index contributed by atoms with van der Waals surface area (Å²) in [5.74, 6) is -0.278. The Morgan fingerprint density at radius 3 is 2.83 bits per heavy atom. The second kappa shape index (κ2) is 17.6. The first kappa shape index (κ1) is 39.6. The molecule has 6 atom stereocenters. The van der Waals surface area contributed by atoms with Crippen molar-refractivity contribution >= 4 is 38.7 Å². The molecule has 2 bridgehead atoms. The predicted molar refractivity (Wildman–Crippen MR) is 212 cm³/mol. The van der Waals surface area contributed by atoms with E-state index in [2.05, 4.69) is 50.7 Å². The van der Waals surface area contributed by atoms with Crippen LogP contribution in [0.25, 0.3) is 0 Å². The number of allylic oxidation sites excluding steroid dienone is 3. The molecule has 11 nitrogen and oxygen atoms in total. The van der Waals surface area contributed by atoms with Crippen LogP contribution >= 0.6 is 11.6 Å². The van der Waals surface area contributed by atoms with Gasteiger partial charge >= 0.3 is 0 Å². The van der Waals surface area contributed by atoms with E-state index in [1.54, 1.807) is 19.2 Å². The number of ether oxygens (including phenoxy) is 3. The molecule has 3 heterocycles. The fourth-order valence-electron chi connectivity index (χ4n) is 7.79. The summed E-state index contributed by atoms with van der Waals surface area (Å²) in [6.45, 7) is 12.5. The molecule has 2 unspecified atom stereocenters. The minimum atomic E-state index is -3.46. The SMILES string of the molecule is C=CCO[C@H]1/C=C/C[C@H](C)CS(=O)(C=NC(=O)c2cn(C)nc2OC)=NC(=O)C2=CC=C3OCCCCc4cc(Cl)ccc4CN(C[C@@H]4CC(=C)[C@H]41)C3C2. The molecule has 0 N–H and O–H groups in total. The third-order valence-corrected chi connectivity index (χ3v) is 12.7. The third kappa shape index (κ3) is 9.39. The summed E-state index contributed by atoms with van der Waals surface area (Å²) in [7, 11) is -0.400. The van der Waals surface area contributed by atoms with Crippen molar-refractivity contribution in [2.24, 2.45) is 34.2 Å². The first-order valence-electron chi connectivity index (χ1n) is 18.5. The van der Waals surface area contributed by atoms with E-state index in [1.807, 2.05) is 25.1 Å². The molecule has 0 radical (unpaired) electrons. The number of methoxy groups -OCH3 is 1. The van der Waals surface area contributed by atoms with Gasteiger partial charge in [-0.25, -0.2) is 9.20 Å². The van der Waals surface area contributed by atoms with Gasteiger partial charge in [-0.1, -0.05) is 55.0 Å². The molecule has 13 heteroatoms. The van der Waals surface area contributed by atoms with Crippen LogP contribution in [0.3, 0.4) is 0 Å². The summed E-state index contributed by atoms with van der Waals surface area (Å²) < 4.78 is 38.5. The number of carbonyl (C=O) groups is 2. The van der Waals surface area contributed by atoms with Gasteiger partial charge in [0.15, 0.2) is 0 Å². The third-order valence-electron chi connectivity index (χ3n) is 10.5.